The van der Waals surface area contributed by atoms with E-state index in [0.29, 0.717) is 11.4 Å². The van der Waals surface area contributed by atoms with Crippen molar-refractivity contribution in [3.63, 3.8) is 0 Å². The predicted molar refractivity (Wildman–Crippen MR) is 47.8 cm³/mol. The summed E-state index contributed by atoms with van der Waals surface area (Å²) in [7, 11) is 0. The Balaban J connectivity index is 2.52. The Morgan fingerprint density at radius 1 is 1.07 bits per heavy atom. The van der Waals surface area contributed by atoms with E-state index < -0.39 is 0 Å². The summed E-state index contributed by atoms with van der Waals surface area (Å²) in [5.41, 5.74) is 1.40. The third-order valence-corrected chi connectivity index (χ3v) is 1.71. The van der Waals surface area contributed by atoms with E-state index >= 15 is 0 Å². The van der Waals surface area contributed by atoms with Gasteiger partial charge in [-0.1, -0.05) is 0 Å². The first-order valence-corrected chi connectivity index (χ1v) is 4.03. The van der Waals surface area contributed by atoms with Crippen molar-refractivity contribution in [3.05, 3.63) is 35.9 Å². The Bertz CT molecular complexity index is 424. The lowest BCUT2D eigenvalue weighted by Crippen LogP contribution is -1.94. The van der Waals surface area contributed by atoms with Gasteiger partial charge in [0.1, 0.15) is 5.82 Å². The first-order chi connectivity index (χ1) is 6.75. The van der Waals surface area contributed by atoms with Crippen molar-refractivity contribution in [2.45, 2.75) is 6.92 Å². The summed E-state index contributed by atoms with van der Waals surface area (Å²) in [6, 6.07) is 4.57. The fourth-order valence-corrected chi connectivity index (χ4v) is 1.19. The van der Waals surface area contributed by atoms with Crippen LogP contribution in [-0.4, -0.2) is 20.4 Å². The van der Waals surface area contributed by atoms with Crippen LogP contribution in [-0.2, 0) is 0 Å². The first-order valence-electron chi connectivity index (χ1n) is 4.03. The number of aryl methyl sites for hydroxylation is 1. The van der Waals surface area contributed by atoms with E-state index in [1.807, 2.05) is 0 Å². The minimum Gasteiger partial charge on any atom is -0.207 e. The molecule has 0 fully saturated rings. The molecule has 0 bridgehead atoms. The largest absolute Gasteiger partial charge is 0.207 e. The third kappa shape index (κ3) is 1.71. The fraction of sp³-hybridized carbons (Fsp3) is 0.111. The van der Waals surface area contributed by atoms with Gasteiger partial charge in [-0.05, 0) is 30.7 Å². The van der Waals surface area contributed by atoms with Crippen LogP contribution in [0.15, 0.2) is 24.5 Å². The molecule has 0 atom stereocenters. The fourth-order valence-electron chi connectivity index (χ4n) is 1.19. The molecule has 0 unspecified atom stereocenters. The summed E-state index contributed by atoms with van der Waals surface area (Å²) in [5, 5.41) is 14.6. The van der Waals surface area contributed by atoms with Gasteiger partial charge in [0.05, 0.1) is 0 Å². The highest BCUT2D eigenvalue weighted by atomic mass is 19.1. The zero-order valence-corrected chi connectivity index (χ0v) is 7.48. The Morgan fingerprint density at radius 3 is 2.43 bits per heavy atom. The van der Waals surface area contributed by atoms with Crippen LogP contribution in [0.2, 0.25) is 0 Å². The molecular weight excluding hydrogens is 183 g/mol. The summed E-state index contributed by atoms with van der Waals surface area (Å²) in [6.45, 7) is 1.80. The maximum atomic E-state index is 13.0. The lowest BCUT2D eigenvalue weighted by atomic mass is 10.1. The van der Waals surface area contributed by atoms with Crippen LogP contribution in [0.4, 0.5) is 4.39 Å². The van der Waals surface area contributed by atoms with E-state index in [4.69, 9.17) is 0 Å². The van der Waals surface area contributed by atoms with Crippen molar-refractivity contribution < 1.29 is 4.39 Å². The van der Waals surface area contributed by atoms with Crippen LogP contribution in [0.25, 0.3) is 11.4 Å². The van der Waals surface area contributed by atoms with Crippen molar-refractivity contribution >= 4 is 0 Å². The van der Waals surface area contributed by atoms with Gasteiger partial charge in [0.2, 0.25) is 5.82 Å². The maximum absolute atomic E-state index is 13.0. The van der Waals surface area contributed by atoms with Crippen LogP contribution >= 0.6 is 0 Å². The molecule has 2 rings (SSSR count). The van der Waals surface area contributed by atoms with Crippen LogP contribution in [0.3, 0.4) is 0 Å². The number of nitrogens with zero attached hydrogens (tertiary/aromatic N) is 4. The zero-order chi connectivity index (χ0) is 9.97. The molecule has 0 aliphatic heterocycles. The van der Waals surface area contributed by atoms with Gasteiger partial charge in [-0.3, -0.25) is 0 Å². The van der Waals surface area contributed by atoms with Gasteiger partial charge in [0.25, 0.3) is 0 Å². The van der Waals surface area contributed by atoms with Crippen LogP contribution in [0.1, 0.15) is 5.56 Å². The molecule has 0 saturated heterocycles. The lowest BCUT2D eigenvalue weighted by molar-refractivity contribution is 0.627. The molecule has 0 N–H and O–H groups in total. The Hall–Kier alpha value is -1.91. The standard InChI is InChI=1S/C9H7FN4/c1-6-2-7(4-8(10)3-6)9-13-11-5-12-14-9/h2-5H,1H3. The summed E-state index contributed by atoms with van der Waals surface area (Å²) < 4.78 is 13.0. The van der Waals surface area contributed by atoms with Crippen LogP contribution in [0, 0.1) is 12.7 Å². The number of benzene rings is 1. The minimum atomic E-state index is -0.313. The highest BCUT2D eigenvalue weighted by Gasteiger charge is 2.03. The Kier molecular flexibility index (Phi) is 2.14. The average Bonchev–Trinajstić information content (AvgIpc) is 2.18. The highest BCUT2D eigenvalue weighted by molar-refractivity contribution is 5.54. The molecule has 0 aliphatic rings. The Morgan fingerprint density at radius 2 is 1.79 bits per heavy atom. The second kappa shape index (κ2) is 3.45. The molecule has 1 heterocycles. The molecule has 0 aliphatic carbocycles. The van der Waals surface area contributed by atoms with E-state index in [0.717, 1.165) is 5.56 Å². The van der Waals surface area contributed by atoms with Gasteiger partial charge < -0.3 is 0 Å². The van der Waals surface area contributed by atoms with Gasteiger partial charge in [0.15, 0.2) is 6.33 Å². The maximum Gasteiger partial charge on any atom is 0.203 e. The molecule has 2 aromatic rings. The zero-order valence-electron chi connectivity index (χ0n) is 7.48. The summed E-state index contributed by atoms with van der Waals surface area (Å²) in [6.07, 6.45) is 1.23. The molecular formula is C9H7FN4. The number of hydrogen-bond acceptors (Lipinski definition) is 4. The monoisotopic (exact) mass is 190 g/mol. The van der Waals surface area contributed by atoms with Crippen molar-refractivity contribution in [2.75, 3.05) is 0 Å². The predicted octanol–water partition coefficient (Wildman–Crippen LogP) is 1.38. The normalized spacial score (nSPS) is 10.1. The molecule has 4 nitrogen and oxygen atoms in total. The average molecular weight is 190 g/mol. The molecule has 1 aromatic heterocycles. The van der Waals surface area contributed by atoms with Gasteiger partial charge in [-0.15, -0.1) is 20.4 Å². The number of halogens is 1. The third-order valence-electron chi connectivity index (χ3n) is 1.71. The van der Waals surface area contributed by atoms with Gasteiger partial charge in [0, 0.05) is 5.56 Å². The van der Waals surface area contributed by atoms with Crippen molar-refractivity contribution in [3.8, 4) is 11.4 Å². The van der Waals surface area contributed by atoms with Gasteiger partial charge >= 0.3 is 0 Å². The summed E-state index contributed by atoms with van der Waals surface area (Å²) in [4.78, 5) is 0. The van der Waals surface area contributed by atoms with Crippen molar-refractivity contribution in [1.82, 2.24) is 20.4 Å². The molecule has 0 amide bonds. The topological polar surface area (TPSA) is 51.6 Å². The lowest BCUT2D eigenvalue weighted by Gasteiger charge is -1.99. The van der Waals surface area contributed by atoms with E-state index in [1.165, 1.54) is 18.5 Å². The molecule has 14 heavy (non-hydrogen) atoms. The SMILES string of the molecule is Cc1cc(F)cc(-c2nncnn2)c1. The minimum absolute atomic E-state index is 0.313. The van der Waals surface area contributed by atoms with Crippen molar-refractivity contribution in [2.24, 2.45) is 0 Å². The van der Waals surface area contributed by atoms with E-state index in [2.05, 4.69) is 20.4 Å². The van der Waals surface area contributed by atoms with Gasteiger partial charge in [-0.25, -0.2) is 4.39 Å². The molecule has 0 spiro atoms. The second-order valence-corrected chi connectivity index (χ2v) is 2.89. The Labute approximate surface area is 79.8 Å². The molecule has 0 saturated carbocycles. The molecule has 1 aromatic carbocycles. The second-order valence-electron chi connectivity index (χ2n) is 2.89. The van der Waals surface area contributed by atoms with Crippen LogP contribution < -0.4 is 0 Å². The van der Waals surface area contributed by atoms with E-state index in [9.17, 15) is 4.39 Å². The quantitative estimate of drug-likeness (QED) is 0.681. The van der Waals surface area contributed by atoms with Gasteiger partial charge in [-0.2, -0.15) is 0 Å². The molecule has 0 radical (unpaired) electrons. The van der Waals surface area contributed by atoms with E-state index in [-0.39, 0.29) is 5.82 Å². The number of aromatic nitrogens is 4. The summed E-state index contributed by atoms with van der Waals surface area (Å²) >= 11 is 0. The van der Waals surface area contributed by atoms with E-state index in [1.54, 1.807) is 13.0 Å². The first kappa shape index (κ1) is 8.68. The van der Waals surface area contributed by atoms with Crippen molar-refractivity contribution in [1.29, 1.82) is 0 Å². The summed E-state index contributed by atoms with van der Waals surface area (Å²) in [5.74, 6) is 0.0163. The smallest absolute Gasteiger partial charge is 0.203 e. The molecule has 70 valence electrons. The highest BCUT2D eigenvalue weighted by Crippen LogP contribution is 2.16. The number of hydrogen-bond donors (Lipinski definition) is 0. The van der Waals surface area contributed by atoms with Crippen LogP contribution in [0.5, 0.6) is 0 Å². The molecule has 5 heteroatoms. The number of rotatable bonds is 1.